The van der Waals surface area contributed by atoms with Crippen LogP contribution in [0.2, 0.25) is 5.02 Å². The van der Waals surface area contributed by atoms with Crippen LogP contribution < -0.4 is 0 Å². The molecule has 1 amide bonds. The zero-order valence-electron chi connectivity index (χ0n) is 18.3. The molecule has 3 heteroatoms. The number of likely N-dealkylation sites (tertiary alicyclic amines) is 1. The third-order valence-corrected chi connectivity index (χ3v) is 10.2. The highest BCUT2D eigenvalue weighted by molar-refractivity contribution is 6.30. The van der Waals surface area contributed by atoms with Crippen LogP contribution in [0.4, 0.5) is 0 Å². The van der Waals surface area contributed by atoms with Crippen molar-refractivity contribution in [1.82, 2.24) is 4.90 Å². The molecular weight excluding hydrogens is 378 g/mol. The fraction of sp³-hybridized carbons (Fsp3) is 0.731. The second kappa shape index (κ2) is 7.01. The Morgan fingerprint density at radius 1 is 1.07 bits per heavy atom. The Labute approximate surface area is 181 Å². The smallest absolute Gasteiger partial charge is 0.222 e. The quantitative estimate of drug-likeness (QED) is 0.552. The lowest BCUT2D eigenvalue weighted by molar-refractivity contribution is -0.166. The second-order valence-electron chi connectivity index (χ2n) is 11.2. The second-order valence-corrected chi connectivity index (χ2v) is 11.7. The van der Waals surface area contributed by atoms with E-state index < -0.39 is 0 Å². The Morgan fingerprint density at radius 2 is 1.83 bits per heavy atom. The SMILES string of the molecule is CN1C(=O)CC[C@]2(C)[C@H]3CC[C@]4(C)CCC[C@H]4[C@@H]3[C@@H](Cc3ccc(Cl)cc3)C[C@@H]12. The highest BCUT2D eigenvalue weighted by Crippen LogP contribution is 2.66. The molecule has 4 aliphatic rings. The minimum atomic E-state index is 0.299. The minimum Gasteiger partial charge on any atom is -0.342 e. The van der Waals surface area contributed by atoms with E-state index in [0.29, 0.717) is 28.7 Å². The molecule has 1 heterocycles. The number of carbonyl (C=O) groups excluding carboxylic acids is 1. The largest absolute Gasteiger partial charge is 0.342 e. The van der Waals surface area contributed by atoms with Gasteiger partial charge in [0.2, 0.25) is 5.91 Å². The van der Waals surface area contributed by atoms with E-state index in [9.17, 15) is 4.79 Å². The van der Waals surface area contributed by atoms with Gasteiger partial charge in [0.25, 0.3) is 0 Å². The van der Waals surface area contributed by atoms with Gasteiger partial charge in [0.15, 0.2) is 0 Å². The van der Waals surface area contributed by atoms with Crippen LogP contribution >= 0.6 is 11.6 Å². The molecule has 0 N–H and O–H groups in total. The topological polar surface area (TPSA) is 20.3 Å². The maximum absolute atomic E-state index is 12.6. The van der Waals surface area contributed by atoms with E-state index in [4.69, 9.17) is 11.6 Å². The summed E-state index contributed by atoms with van der Waals surface area (Å²) in [5, 5.41) is 0.821. The van der Waals surface area contributed by atoms with Crippen LogP contribution in [-0.2, 0) is 11.2 Å². The fourth-order valence-electron chi connectivity index (χ4n) is 8.39. The molecule has 4 fully saturated rings. The van der Waals surface area contributed by atoms with Gasteiger partial charge in [-0.25, -0.2) is 0 Å². The summed E-state index contributed by atoms with van der Waals surface area (Å²) in [5.41, 5.74) is 2.27. The van der Waals surface area contributed by atoms with E-state index in [0.717, 1.165) is 42.0 Å². The third-order valence-electron chi connectivity index (χ3n) is 9.94. The molecule has 1 aromatic carbocycles. The first-order valence-electron chi connectivity index (χ1n) is 11.8. The molecule has 0 bridgehead atoms. The molecule has 3 saturated carbocycles. The standard InChI is InChI=1S/C26H36ClNO/c1-25-12-4-5-20(25)24-18(15-17-6-8-19(27)9-7-17)16-22-26(2,21(24)10-13-25)14-11-23(29)28(22)3/h6-9,18,20-22,24H,4-5,10-16H2,1-3H3/t18-,20-,21-,22+,24-,25-,26+/m0/s1. The van der Waals surface area contributed by atoms with Crippen LogP contribution in [0.3, 0.4) is 0 Å². The predicted molar refractivity (Wildman–Crippen MR) is 119 cm³/mol. The van der Waals surface area contributed by atoms with Crippen LogP contribution in [0.5, 0.6) is 0 Å². The Kier molecular flexibility index (Phi) is 4.81. The highest BCUT2D eigenvalue weighted by Gasteiger charge is 2.61. The highest BCUT2D eigenvalue weighted by atomic mass is 35.5. The van der Waals surface area contributed by atoms with Gasteiger partial charge in [0.05, 0.1) is 0 Å². The lowest BCUT2D eigenvalue weighted by Crippen LogP contribution is -2.63. The van der Waals surface area contributed by atoms with E-state index in [1.165, 1.54) is 44.1 Å². The molecule has 0 spiro atoms. The summed E-state index contributed by atoms with van der Waals surface area (Å²) < 4.78 is 0. The van der Waals surface area contributed by atoms with Crippen LogP contribution in [-0.4, -0.2) is 23.9 Å². The van der Waals surface area contributed by atoms with Crippen LogP contribution in [0.15, 0.2) is 24.3 Å². The molecular formula is C26H36ClNO. The predicted octanol–water partition coefficient (Wildman–Crippen LogP) is 6.36. The molecule has 158 valence electrons. The molecule has 29 heavy (non-hydrogen) atoms. The summed E-state index contributed by atoms with van der Waals surface area (Å²) in [6, 6.07) is 8.93. The normalized spacial score (nSPS) is 44.2. The average molecular weight is 414 g/mol. The Bertz CT molecular complexity index is 790. The van der Waals surface area contributed by atoms with E-state index in [-0.39, 0.29) is 0 Å². The van der Waals surface area contributed by atoms with E-state index >= 15 is 0 Å². The Morgan fingerprint density at radius 3 is 2.59 bits per heavy atom. The van der Waals surface area contributed by atoms with Gasteiger partial charge < -0.3 is 4.90 Å². The Balaban J connectivity index is 1.53. The molecule has 1 aliphatic heterocycles. The average Bonchev–Trinajstić information content (AvgIpc) is 3.10. The summed E-state index contributed by atoms with van der Waals surface area (Å²) in [6.07, 6.45) is 11.2. The number of halogens is 1. The molecule has 3 aliphatic carbocycles. The number of amides is 1. The maximum Gasteiger partial charge on any atom is 0.222 e. The molecule has 2 nitrogen and oxygen atoms in total. The number of rotatable bonds is 2. The first kappa shape index (κ1) is 19.9. The summed E-state index contributed by atoms with van der Waals surface area (Å²) in [4.78, 5) is 14.7. The van der Waals surface area contributed by atoms with Crippen LogP contribution in [0.1, 0.15) is 70.8 Å². The van der Waals surface area contributed by atoms with Crippen LogP contribution in [0.25, 0.3) is 0 Å². The molecule has 0 unspecified atom stereocenters. The van der Waals surface area contributed by atoms with Crippen molar-refractivity contribution >= 4 is 17.5 Å². The van der Waals surface area contributed by atoms with Gasteiger partial charge in [-0.1, -0.05) is 44.0 Å². The summed E-state index contributed by atoms with van der Waals surface area (Å²) in [5.74, 6) is 3.49. The van der Waals surface area contributed by atoms with E-state index in [1.54, 1.807) is 0 Å². The van der Waals surface area contributed by atoms with Crippen molar-refractivity contribution in [3.63, 3.8) is 0 Å². The molecule has 0 aromatic heterocycles. The van der Waals surface area contributed by atoms with Crippen molar-refractivity contribution in [2.75, 3.05) is 7.05 Å². The molecule has 0 radical (unpaired) electrons. The summed E-state index contributed by atoms with van der Waals surface area (Å²) in [6.45, 7) is 5.12. The van der Waals surface area contributed by atoms with Crippen molar-refractivity contribution in [2.24, 2.45) is 34.5 Å². The summed E-state index contributed by atoms with van der Waals surface area (Å²) >= 11 is 6.16. The third kappa shape index (κ3) is 3.08. The summed E-state index contributed by atoms with van der Waals surface area (Å²) in [7, 11) is 2.08. The number of carbonyl (C=O) groups is 1. The van der Waals surface area contributed by atoms with Crippen molar-refractivity contribution in [1.29, 1.82) is 0 Å². The van der Waals surface area contributed by atoms with Gasteiger partial charge in [-0.05, 0) is 97.1 Å². The van der Waals surface area contributed by atoms with E-state index in [2.05, 4.69) is 37.9 Å². The monoisotopic (exact) mass is 413 g/mol. The fourth-order valence-corrected chi connectivity index (χ4v) is 8.52. The zero-order chi connectivity index (χ0) is 20.4. The first-order valence-corrected chi connectivity index (χ1v) is 12.2. The number of fused-ring (bicyclic) bond motifs is 5. The molecule has 1 aromatic rings. The lowest BCUT2D eigenvalue weighted by atomic mass is 9.44. The van der Waals surface area contributed by atoms with Crippen LogP contribution in [0, 0.1) is 34.5 Å². The number of benzene rings is 1. The number of hydrogen-bond donors (Lipinski definition) is 0. The van der Waals surface area contributed by atoms with Crippen molar-refractivity contribution < 1.29 is 4.79 Å². The van der Waals surface area contributed by atoms with Crippen molar-refractivity contribution in [2.45, 2.75) is 77.7 Å². The maximum atomic E-state index is 12.6. The number of piperidine rings is 1. The molecule has 5 rings (SSSR count). The number of nitrogens with zero attached hydrogens (tertiary/aromatic N) is 1. The van der Waals surface area contributed by atoms with E-state index in [1.807, 2.05) is 12.1 Å². The van der Waals surface area contributed by atoms with Crippen molar-refractivity contribution in [3.05, 3.63) is 34.9 Å². The molecule has 7 atom stereocenters. The molecule has 1 saturated heterocycles. The Hall–Kier alpha value is -1.02. The van der Waals surface area contributed by atoms with Gasteiger partial charge in [0, 0.05) is 24.5 Å². The van der Waals surface area contributed by atoms with Gasteiger partial charge in [0.1, 0.15) is 0 Å². The van der Waals surface area contributed by atoms with Gasteiger partial charge in [-0.3, -0.25) is 4.79 Å². The van der Waals surface area contributed by atoms with Gasteiger partial charge in [-0.15, -0.1) is 0 Å². The minimum absolute atomic E-state index is 0.299. The van der Waals surface area contributed by atoms with Gasteiger partial charge >= 0.3 is 0 Å². The zero-order valence-corrected chi connectivity index (χ0v) is 19.0. The van der Waals surface area contributed by atoms with Crippen molar-refractivity contribution in [3.8, 4) is 0 Å². The van der Waals surface area contributed by atoms with Gasteiger partial charge in [-0.2, -0.15) is 0 Å². The first-order chi connectivity index (χ1) is 13.8. The number of hydrogen-bond acceptors (Lipinski definition) is 1. The lowest BCUT2D eigenvalue weighted by Gasteiger charge is -2.63.